The van der Waals surface area contributed by atoms with E-state index in [9.17, 15) is 4.39 Å². The molecule has 6 nitrogen and oxygen atoms in total. The Hall–Kier alpha value is -2.67. The van der Waals surface area contributed by atoms with Gasteiger partial charge in [-0.05, 0) is 38.1 Å². The number of rotatable bonds is 3. The summed E-state index contributed by atoms with van der Waals surface area (Å²) in [6, 6.07) is 7.94. The van der Waals surface area contributed by atoms with E-state index >= 15 is 0 Å². The van der Waals surface area contributed by atoms with Gasteiger partial charge in [0.15, 0.2) is 5.82 Å². The number of aryl methyl sites for hydroxylation is 2. The molecule has 0 fully saturated rings. The van der Waals surface area contributed by atoms with E-state index in [-0.39, 0.29) is 11.0 Å². The van der Waals surface area contributed by atoms with E-state index in [0.29, 0.717) is 17.3 Å². The first kappa shape index (κ1) is 15.2. The van der Waals surface area contributed by atoms with Crippen LogP contribution in [0.1, 0.15) is 11.4 Å². The summed E-state index contributed by atoms with van der Waals surface area (Å²) in [5, 5.41) is 7.42. The zero-order valence-electron chi connectivity index (χ0n) is 12.5. The maximum Gasteiger partial charge on any atom is 0.224 e. The van der Waals surface area contributed by atoms with Crippen molar-refractivity contribution in [2.24, 2.45) is 0 Å². The Bertz CT molecular complexity index is 876. The van der Waals surface area contributed by atoms with Crippen molar-refractivity contribution in [1.82, 2.24) is 19.7 Å². The van der Waals surface area contributed by atoms with E-state index in [1.807, 2.05) is 19.9 Å². The fourth-order valence-corrected chi connectivity index (χ4v) is 2.39. The number of nitrogen functional groups attached to an aromatic ring is 1. The average Bonchev–Trinajstić information content (AvgIpc) is 2.81. The number of nitrogens with one attached hydrogen (secondary N) is 1. The van der Waals surface area contributed by atoms with Crippen LogP contribution in [0, 0.1) is 19.7 Å². The molecule has 3 rings (SSSR count). The van der Waals surface area contributed by atoms with Crippen molar-refractivity contribution in [2.75, 3.05) is 11.1 Å². The second-order valence-corrected chi connectivity index (χ2v) is 5.47. The van der Waals surface area contributed by atoms with Gasteiger partial charge in [0, 0.05) is 17.4 Å². The molecule has 0 aliphatic heterocycles. The summed E-state index contributed by atoms with van der Waals surface area (Å²) in [5.41, 5.74) is 8.17. The van der Waals surface area contributed by atoms with Crippen LogP contribution in [0.5, 0.6) is 0 Å². The summed E-state index contributed by atoms with van der Waals surface area (Å²) >= 11 is 5.78. The summed E-state index contributed by atoms with van der Waals surface area (Å²) in [4.78, 5) is 8.31. The van der Waals surface area contributed by atoms with E-state index in [0.717, 1.165) is 11.4 Å². The van der Waals surface area contributed by atoms with Gasteiger partial charge in [-0.25, -0.2) is 9.07 Å². The van der Waals surface area contributed by atoms with Gasteiger partial charge in [0.05, 0.1) is 10.7 Å². The van der Waals surface area contributed by atoms with Gasteiger partial charge in [-0.1, -0.05) is 11.6 Å². The highest BCUT2D eigenvalue weighted by molar-refractivity contribution is 6.31. The monoisotopic (exact) mass is 332 g/mol. The molecule has 0 unspecified atom stereocenters. The minimum Gasteiger partial charge on any atom is -0.368 e. The zero-order valence-corrected chi connectivity index (χ0v) is 13.3. The molecule has 0 aliphatic rings. The highest BCUT2D eigenvalue weighted by Crippen LogP contribution is 2.23. The van der Waals surface area contributed by atoms with Gasteiger partial charge in [0.1, 0.15) is 11.6 Å². The third kappa shape index (κ3) is 3.24. The molecule has 0 spiro atoms. The number of nitrogens with zero attached hydrogens (tertiary/aromatic N) is 4. The first-order valence-electron chi connectivity index (χ1n) is 6.82. The third-order valence-corrected chi connectivity index (χ3v) is 3.44. The second kappa shape index (κ2) is 5.85. The molecule has 1 aromatic carbocycles. The number of benzene rings is 1. The molecule has 0 bridgehead atoms. The molecule has 2 aromatic heterocycles. The number of hydrogen-bond donors (Lipinski definition) is 2. The van der Waals surface area contributed by atoms with Crippen molar-refractivity contribution in [3.05, 3.63) is 52.6 Å². The molecule has 0 saturated carbocycles. The van der Waals surface area contributed by atoms with Crippen LogP contribution < -0.4 is 11.1 Å². The number of anilines is 3. The molecular formula is C15H14ClFN6. The number of halogens is 2. The Labute approximate surface area is 137 Å². The van der Waals surface area contributed by atoms with E-state index in [4.69, 9.17) is 17.3 Å². The first-order valence-corrected chi connectivity index (χ1v) is 7.20. The minimum atomic E-state index is -0.484. The summed E-state index contributed by atoms with van der Waals surface area (Å²) in [6.07, 6.45) is 0. The third-order valence-electron chi connectivity index (χ3n) is 3.15. The van der Waals surface area contributed by atoms with Crippen LogP contribution >= 0.6 is 11.6 Å². The van der Waals surface area contributed by atoms with Crippen LogP contribution in [-0.4, -0.2) is 19.7 Å². The predicted octanol–water partition coefficient (Wildman–Crippen LogP) is 3.40. The van der Waals surface area contributed by atoms with Crippen LogP contribution in [0.15, 0.2) is 30.3 Å². The van der Waals surface area contributed by atoms with Gasteiger partial charge in [0.2, 0.25) is 5.95 Å². The molecule has 2 heterocycles. The van der Waals surface area contributed by atoms with Gasteiger partial charge < -0.3 is 11.1 Å². The predicted molar refractivity (Wildman–Crippen MR) is 87.7 cm³/mol. The summed E-state index contributed by atoms with van der Waals surface area (Å²) < 4.78 is 14.9. The highest BCUT2D eigenvalue weighted by atomic mass is 35.5. The minimum absolute atomic E-state index is 0.0239. The molecular weight excluding hydrogens is 319 g/mol. The lowest BCUT2D eigenvalue weighted by atomic mass is 10.3. The number of nitrogens with two attached hydrogens (primary N) is 1. The fraction of sp³-hybridized carbons (Fsp3) is 0.133. The summed E-state index contributed by atoms with van der Waals surface area (Å²) in [5.74, 6) is 0.620. The van der Waals surface area contributed by atoms with Crippen molar-refractivity contribution >= 4 is 29.1 Å². The lowest BCUT2D eigenvalue weighted by Gasteiger charge is -2.10. The first-order chi connectivity index (χ1) is 10.9. The van der Waals surface area contributed by atoms with Gasteiger partial charge in [-0.3, -0.25) is 0 Å². The molecule has 23 heavy (non-hydrogen) atoms. The molecule has 0 amide bonds. The lowest BCUT2D eigenvalue weighted by Crippen LogP contribution is -2.07. The van der Waals surface area contributed by atoms with E-state index in [1.165, 1.54) is 12.1 Å². The van der Waals surface area contributed by atoms with Crippen molar-refractivity contribution in [3.63, 3.8) is 0 Å². The van der Waals surface area contributed by atoms with Crippen molar-refractivity contribution in [3.8, 4) is 5.82 Å². The van der Waals surface area contributed by atoms with Crippen LogP contribution in [0.25, 0.3) is 5.82 Å². The number of aromatic nitrogens is 4. The maximum atomic E-state index is 13.2. The standard InChI is InChI=1S/C15H14ClFN6/c1-8-5-9(2)23(22-8)14-7-13(20-15(18)21-14)19-10-3-4-12(17)11(16)6-10/h3-7H,1-2H3,(H3,18,19,20,21). The largest absolute Gasteiger partial charge is 0.368 e. The van der Waals surface area contributed by atoms with E-state index in [1.54, 1.807) is 16.8 Å². The van der Waals surface area contributed by atoms with Crippen molar-refractivity contribution < 1.29 is 4.39 Å². The number of hydrogen-bond acceptors (Lipinski definition) is 5. The molecule has 3 N–H and O–H groups in total. The smallest absolute Gasteiger partial charge is 0.224 e. The molecule has 0 aliphatic carbocycles. The Balaban J connectivity index is 1.97. The van der Waals surface area contributed by atoms with Crippen LogP contribution in [0.2, 0.25) is 5.02 Å². The molecule has 0 atom stereocenters. The van der Waals surface area contributed by atoms with Crippen LogP contribution in [0.4, 0.5) is 21.8 Å². The Kier molecular flexibility index (Phi) is 3.87. The van der Waals surface area contributed by atoms with Gasteiger partial charge >= 0.3 is 0 Å². The Morgan fingerprint density at radius 2 is 1.96 bits per heavy atom. The summed E-state index contributed by atoms with van der Waals surface area (Å²) in [7, 11) is 0. The topological polar surface area (TPSA) is 81.7 Å². The molecule has 0 saturated heterocycles. The van der Waals surface area contributed by atoms with E-state index in [2.05, 4.69) is 20.4 Å². The van der Waals surface area contributed by atoms with Gasteiger partial charge in [0.25, 0.3) is 0 Å². The van der Waals surface area contributed by atoms with Gasteiger partial charge in [-0.15, -0.1) is 0 Å². The highest BCUT2D eigenvalue weighted by Gasteiger charge is 2.09. The second-order valence-electron chi connectivity index (χ2n) is 5.06. The van der Waals surface area contributed by atoms with Crippen molar-refractivity contribution in [1.29, 1.82) is 0 Å². The Morgan fingerprint density at radius 1 is 1.17 bits per heavy atom. The zero-order chi connectivity index (χ0) is 16.6. The van der Waals surface area contributed by atoms with Crippen molar-refractivity contribution in [2.45, 2.75) is 13.8 Å². The van der Waals surface area contributed by atoms with E-state index < -0.39 is 5.82 Å². The summed E-state index contributed by atoms with van der Waals surface area (Å²) in [6.45, 7) is 3.82. The van der Waals surface area contributed by atoms with Crippen LogP contribution in [0.3, 0.4) is 0 Å². The Morgan fingerprint density at radius 3 is 2.61 bits per heavy atom. The fourth-order valence-electron chi connectivity index (χ4n) is 2.21. The molecule has 3 aromatic rings. The maximum absolute atomic E-state index is 13.2. The quantitative estimate of drug-likeness (QED) is 0.768. The SMILES string of the molecule is Cc1cc(C)n(-c2cc(Nc3ccc(F)c(Cl)c3)nc(N)n2)n1. The molecule has 0 radical (unpaired) electrons. The molecule has 8 heteroatoms. The molecule has 118 valence electrons. The van der Waals surface area contributed by atoms with Crippen LogP contribution in [-0.2, 0) is 0 Å². The average molecular weight is 333 g/mol. The van der Waals surface area contributed by atoms with Gasteiger partial charge in [-0.2, -0.15) is 15.1 Å². The normalized spacial score (nSPS) is 10.8. The lowest BCUT2D eigenvalue weighted by molar-refractivity contribution is 0.628.